The molecule has 0 amide bonds. The molecule has 8 heteroatoms. The molecule has 0 saturated heterocycles. The Morgan fingerprint density at radius 1 is 1.59 bits per heavy atom. The summed E-state index contributed by atoms with van der Waals surface area (Å²) < 4.78 is 4.65. The van der Waals surface area contributed by atoms with Crippen LogP contribution < -0.4 is 5.32 Å². The molecular weight excluding hydrogens is 224 g/mol. The first kappa shape index (κ1) is 11.0. The minimum atomic E-state index is -0.450. The van der Waals surface area contributed by atoms with Crippen molar-refractivity contribution < 1.29 is 9.53 Å². The minimum absolute atomic E-state index is 0.317. The second kappa shape index (κ2) is 5.01. The van der Waals surface area contributed by atoms with Gasteiger partial charge in [-0.05, 0) is 12.1 Å². The second-order valence-corrected chi connectivity index (χ2v) is 3.07. The number of esters is 1. The maximum Gasteiger partial charge on any atom is 0.341 e. The van der Waals surface area contributed by atoms with Crippen molar-refractivity contribution in [3.63, 3.8) is 0 Å². The van der Waals surface area contributed by atoms with Gasteiger partial charge in [0, 0.05) is 6.20 Å². The highest BCUT2D eigenvalue weighted by molar-refractivity contribution is 5.94. The summed E-state index contributed by atoms with van der Waals surface area (Å²) in [5.41, 5.74) is 0.360. The Morgan fingerprint density at radius 2 is 2.47 bits per heavy atom. The number of pyridine rings is 1. The van der Waals surface area contributed by atoms with Gasteiger partial charge in [0.2, 0.25) is 0 Å². The van der Waals surface area contributed by atoms with Crippen molar-refractivity contribution in [2.45, 2.75) is 6.54 Å². The third-order valence-electron chi connectivity index (χ3n) is 2.02. The molecule has 0 aliphatic heterocycles. The van der Waals surface area contributed by atoms with Crippen LogP contribution in [0.3, 0.4) is 0 Å². The Hall–Kier alpha value is -2.51. The fourth-order valence-electron chi connectivity index (χ4n) is 1.24. The maximum atomic E-state index is 11.4. The van der Waals surface area contributed by atoms with Crippen LogP contribution in [0, 0.1) is 0 Å². The van der Waals surface area contributed by atoms with Crippen LogP contribution in [0.2, 0.25) is 0 Å². The van der Waals surface area contributed by atoms with E-state index >= 15 is 0 Å². The zero-order chi connectivity index (χ0) is 12.1. The largest absolute Gasteiger partial charge is 0.465 e. The summed E-state index contributed by atoms with van der Waals surface area (Å²) in [6.07, 6.45) is 1.57. The number of nitrogens with zero attached hydrogens (tertiary/aromatic N) is 4. The lowest BCUT2D eigenvalue weighted by Crippen LogP contribution is -2.10. The molecule has 0 bridgehead atoms. The van der Waals surface area contributed by atoms with Crippen LogP contribution in [-0.4, -0.2) is 38.7 Å². The number of nitrogens with one attached hydrogen (secondary N) is 2. The quantitative estimate of drug-likeness (QED) is 0.717. The molecule has 88 valence electrons. The SMILES string of the molecule is COC(=O)c1cccnc1NCc1nn[nH]n1. The monoisotopic (exact) mass is 234 g/mol. The summed E-state index contributed by atoms with van der Waals surface area (Å²) in [5, 5.41) is 16.2. The van der Waals surface area contributed by atoms with Gasteiger partial charge in [0.1, 0.15) is 11.4 Å². The minimum Gasteiger partial charge on any atom is -0.465 e. The number of anilines is 1. The molecule has 0 saturated carbocycles. The van der Waals surface area contributed by atoms with E-state index in [0.29, 0.717) is 23.8 Å². The number of tetrazole rings is 1. The number of hydrogen-bond acceptors (Lipinski definition) is 7. The second-order valence-electron chi connectivity index (χ2n) is 3.07. The van der Waals surface area contributed by atoms with E-state index in [1.54, 1.807) is 18.3 Å². The Labute approximate surface area is 96.4 Å². The van der Waals surface area contributed by atoms with Gasteiger partial charge in [-0.2, -0.15) is 5.21 Å². The molecule has 2 aromatic rings. The van der Waals surface area contributed by atoms with Crippen molar-refractivity contribution in [1.82, 2.24) is 25.6 Å². The normalized spacial score (nSPS) is 9.94. The van der Waals surface area contributed by atoms with Crippen LogP contribution in [0.5, 0.6) is 0 Å². The number of H-pyrrole nitrogens is 1. The Kier molecular flexibility index (Phi) is 3.24. The first-order chi connectivity index (χ1) is 8.31. The highest BCUT2D eigenvalue weighted by Crippen LogP contribution is 2.12. The number of rotatable bonds is 4. The molecule has 2 aromatic heterocycles. The predicted octanol–water partition coefficient (Wildman–Crippen LogP) is -0.00660. The average molecular weight is 234 g/mol. The van der Waals surface area contributed by atoms with Crippen LogP contribution in [0.15, 0.2) is 18.3 Å². The van der Waals surface area contributed by atoms with Crippen LogP contribution in [0.25, 0.3) is 0 Å². The Bertz CT molecular complexity index is 498. The Morgan fingerprint density at radius 3 is 3.18 bits per heavy atom. The van der Waals surface area contributed by atoms with E-state index in [1.807, 2.05) is 0 Å². The van der Waals surface area contributed by atoms with Gasteiger partial charge in [-0.15, -0.1) is 10.2 Å². The Balaban J connectivity index is 2.12. The van der Waals surface area contributed by atoms with Crippen molar-refractivity contribution >= 4 is 11.8 Å². The van der Waals surface area contributed by atoms with Crippen LogP contribution in [-0.2, 0) is 11.3 Å². The zero-order valence-corrected chi connectivity index (χ0v) is 9.04. The van der Waals surface area contributed by atoms with Crippen LogP contribution >= 0.6 is 0 Å². The van der Waals surface area contributed by atoms with Gasteiger partial charge in [0.25, 0.3) is 0 Å². The molecule has 2 N–H and O–H groups in total. The fourth-order valence-corrected chi connectivity index (χ4v) is 1.24. The first-order valence-corrected chi connectivity index (χ1v) is 4.81. The van der Waals surface area contributed by atoms with Crippen molar-refractivity contribution in [2.75, 3.05) is 12.4 Å². The van der Waals surface area contributed by atoms with E-state index in [4.69, 9.17) is 0 Å². The number of aromatic amines is 1. The molecule has 0 spiro atoms. The van der Waals surface area contributed by atoms with E-state index in [9.17, 15) is 4.79 Å². The number of methoxy groups -OCH3 is 1. The fraction of sp³-hybridized carbons (Fsp3) is 0.222. The van der Waals surface area contributed by atoms with Crippen molar-refractivity contribution in [3.05, 3.63) is 29.7 Å². The third-order valence-corrected chi connectivity index (χ3v) is 2.02. The summed E-state index contributed by atoms with van der Waals surface area (Å²) in [5.74, 6) is 0.448. The van der Waals surface area contributed by atoms with Crippen molar-refractivity contribution in [2.24, 2.45) is 0 Å². The molecular formula is C9H10N6O2. The molecule has 2 rings (SSSR count). The van der Waals surface area contributed by atoms with E-state index in [2.05, 4.69) is 35.7 Å². The van der Waals surface area contributed by atoms with E-state index < -0.39 is 5.97 Å². The van der Waals surface area contributed by atoms with Crippen molar-refractivity contribution in [1.29, 1.82) is 0 Å². The van der Waals surface area contributed by atoms with Crippen LogP contribution in [0.4, 0.5) is 5.82 Å². The lowest BCUT2D eigenvalue weighted by molar-refractivity contribution is 0.0601. The molecule has 17 heavy (non-hydrogen) atoms. The van der Waals surface area contributed by atoms with Gasteiger partial charge >= 0.3 is 5.97 Å². The van der Waals surface area contributed by atoms with Gasteiger partial charge in [-0.25, -0.2) is 9.78 Å². The maximum absolute atomic E-state index is 11.4. The molecule has 0 unspecified atom stereocenters. The van der Waals surface area contributed by atoms with Crippen LogP contribution in [0.1, 0.15) is 16.2 Å². The highest BCUT2D eigenvalue weighted by Gasteiger charge is 2.12. The number of aromatic nitrogens is 5. The summed E-state index contributed by atoms with van der Waals surface area (Å²) >= 11 is 0. The third kappa shape index (κ3) is 2.54. The summed E-state index contributed by atoms with van der Waals surface area (Å²) in [4.78, 5) is 15.5. The standard InChI is InChI=1S/C9H10N6O2/c1-17-9(16)6-3-2-4-10-8(6)11-5-7-12-14-15-13-7/h2-4H,5H2,1H3,(H,10,11)(H,12,13,14,15). The summed E-state index contributed by atoms with van der Waals surface area (Å²) in [6.45, 7) is 0.317. The number of carbonyl (C=O) groups is 1. The first-order valence-electron chi connectivity index (χ1n) is 4.81. The molecule has 0 fully saturated rings. The molecule has 0 atom stereocenters. The molecule has 2 heterocycles. The lowest BCUT2D eigenvalue weighted by atomic mass is 10.2. The smallest absolute Gasteiger partial charge is 0.341 e. The average Bonchev–Trinajstić information content (AvgIpc) is 2.89. The predicted molar refractivity (Wildman–Crippen MR) is 57.1 cm³/mol. The highest BCUT2D eigenvalue weighted by atomic mass is 16.5. The number of ether oxygens (including phenoxy) is 1. The van der Waals surface area contributed by atoms with Crippen molar-refractivity contribution in [3.8, 4) is 0 Å². The van der Waals surface area contributed by atoms with E-state index in [0.717, 1.165) is 0 Å². The number of carbonyl (C=O) groups excluding carboxylic acids is 1. The summed E-state index contributed by atoms with van der Waals surface area (Å²) in [6, 6.07) is 3.28. The molecule has 0 aromatic carbocycles. The van der Waals surface area contributed by atoms with Gasteiger partial charge in [-0.3, -0.25) is 0 Å². The van der Waals surface area contributed by atoms with Gasteiger partial charge in [0.05, 0.1) is 13.7 Å². The molecule has 8 nitrogen and oxygen atoms in total. The van der Waals surface area contributed by atoms with Gasteiger partial charge < -0.3 is 10.1 Å². The molecule has 0 aliphatic carbocycles. The van der Waals surface area contributed by atoms with E-state index in [-0.39, 0.29) is 0 Å². The lowest BCUT2D eigenvalue weighted by Gasteiger charge is -2.07. The topological polar surface area (TPSA) is 106 Å². The zero-order valence-electron chi connectivity index (χ0n) is 9.04. The van der Waals surface area contributed by atoms with Gasteiger partial charge in [-0.1, -0.05) is 5.21 Å². The van der Waals surface area contributed by atoms with Gasteiger partial charge in [0.15, 0.2) is 5.82 Å². The molecule has 0 aliphatic rings. The van der Waals surface area contributed by atoms with E-state index in [1.165, 1.54) is 7.11 Å². The number of hydrogen-bond donors (Lipinski definition) is 2. The molecule has 0 radical (unpaired) electrons. The summed E-state index contributed by atoms with van der Waals surface area (Å²) in [7, 11) is 1.32.